The Hall–Kier alpha value is -0.730. The molecule has 1 fully saturated rings. The summed E-state index contributed by atoms with van der Waals surface area (Å²) in [6.45, 7) is 4.96. The van der Waals surface area contributed by atoms with Crippen LogP contribution >= 0.6 is 0 Å². The van der Waals surface area contributed by atoms with E-state index in [9.17, 15) is 4.79 Å². The summed E-state index contributed by atoms with van der Waals surface area (Å²) in [5.74, 6) is 0. The summed E-state index contributed by atoms with van der Waals surface area (Å²) < 4.78 is 0. The van der Waals surface area contributed by atoms with Crippen molar-refractivity contribution < 1.29 is 4.79 Å². The molecule has 0 aliphatic carbocycles. The molecular formula is C20H40N2O. The molecule has 1 aliphatic rings. The highest BCUT2D eigenvalue weighted by Crippen LogP contribution is 2.13. The second-order valence-corrected chi connectivity index (χ2v) is 7.17. The molecule has 0 aromatic heterocycles. The van der Waals surface area contributed by atoms with Crippen LogP contribution in [0.25, 0.3) is 0 Å². The topological polar surface area (TPSA) is 32.3 Å². The summed E-state index contributed by atoms with van der Waals surface area (Å²) in [7, 11) is 0. The molecular weight excluding hydrogens is 284 g/mol. The first-order valence-corrected chi connectivity index (χ1v) is 10.4. The van der Waals surface area contributed by atoms with Crippen LogP contribution in [0.1, 0.15) is 103 Å². The van der Waals surface area contributed by atoms with E-state index in [1.165, 1.54) is 96.3 Å². The Labute approximate surface area is 144 Å². The van der Waals surface area contributed by atoms with Gasteiger partial charge in [-0.15, -0.1) is 0 Å². The first-order chi connectivity index (χ1) is 11.3. The van der Waals surface area contributed by atoms with Crippen molar-refractivity contribution in [3.05, 3.63) is 0 Å². The minimum Gasteiger partial charge on any atom is -0.336 e. The zero-order chi connectivity index (χ0) is 16.6. The molecule has 0 spiro atoms. The molecule has 136 valence electrons. The molecule has 1 aliphatic heterocycles. The Morgan fingerprint density at radius 2 is 1.17 bits per heavy atom. The van der Waals surface area contributed by atoms with Crippen LogP contribution in [-0.4, -0.2) is 30.6 Å². The summed E-state index contributed by atoms with van der Waals surface area (Å²) in [5, 5.41) is 2.86. The number of nitrogens with zero attached hydrogens (tertiary/aromatic N) is 1. The van der Waals surface area contributed by atoms with Gasteiger partial charge in [-0.05, 0) is 6.42 Å². The first kappa shape index (κ1) is 20.3. The van der Waals surface area contributed by atoms with Gasteiger partial charge in [-0.25, -0.2) is 4.79 Å². The van der Waals surface area contributed by atoms with E-state index in [2.05, 4.69) is 12.2 Å². The average molecular weight is 325 g/mol. The molecule has 1 saturated heterocycles. The molecule has 3 heteroatoms. The van der Waals surface area contributed by atoms with Crippen LogP contribution in [0.2, 0.25) is 0 Å². The SMILES string of the molecule is CCCCCCCCCCCCCCCCCN1CCNC1=O. The number of carbonyl (C=O) groups excluding carboxylic acids is 1. The van der Waals surface area contributed by atoms with Crippen molar-refractivity contribution in [2.45, 2.75) is 103 Å². The van der Waals surface area contributed by atoms with E-state index in [1.807, 2.05) is 4.90 Å². The molecule has 3 nitrogen and oxygen atoms in total. The minimum absolute atomic E-state index is 0.135. The molecule has 0 saturated carbocycles. The van der Waals surface area contributed by atoms with Crippen molar-refractivity contribution >= 4 is 6.03 Å². The highest BCUT2D eigenvalue weighted by atomic mass is 16.2. The maximum Gasteiger partial charge on any atom is 0.317 e. The van der Waals surface area contributed by atoms with Crippen LogP contribution in [-0.2, 0) is 0 Å². The number of hydrogen-bond acceptors (Lipinski definition) is 1. The lowest BCUT2D eigenvalue weighted by molar-refractivity contribution is 0.216. The number of carbonyl (C=O) groups is 1. The molecule has 2 amide bonds. The van der Waals surface area contributed by atoms with Gasteiger partial charge in [-0.2, -0.15) is 0 Å². The molecule has 0 aromatic carbocycles. The molecule has 23 heavy (non-hydrogen) atoms. The number of nitrogens with one attached hydrogen (secondary N) is 1. The fourth-order valence-electron chi connectivity index (χ4n) is 3.40. The van der Waals surface area contributed by atoms with Crippen molar-refractivity contribution in [2.75, 3.05) is 19.6 Å². The third-order valence-electron chi connectivity index (χ3n) is 4.98. The zero-order valence-corrected chi connectivity index (χ0v) is 15.6. The molecule has 1 N–H and O–H groups in total. The predicted molar refractivity (Wildman–Crippen MR) is 99.9 cm³/mol. The molecule has 1 rings (SSSR count). The minimum atomic E-state index is 0.135. The van der Waals surface area contributed by atoms with Gasteiger partial charge in [0.2, 0.25) is 0 Å². The van der Waals surface area contributed by atoms with Gasteiger partial charge in [0, 0.05) is 19.6 Å². The van der Waals surface area contributed by atoms with Crippen LogP contribution < -0.4 is 5.32 Å². The third kappa shape index (κ3) is 11.4. The Bertz CT molecular complexity index is 281. The van der Waals surface area contributed by atoms with Gasteiger partial charge in [0.15, 0.2) is 0 Å². The largest absolute Gasteiger partial charge is 0.336 e. The second kappa shape index (κ2) is 14.8. The first-order valence-electron chi connectivity index (χ1n) is 10.4. The van der Waals surface area contributed by atoms with Crippen LogP contribution in [0.4, 0.5) is 4.79 Å². The molecule has 0 radical (unpaired) electrons. The summed E-state index contributed by atoms with van der Waals surface area (Å²) >= 11 is 0. The quantitative estimate of drug-likeness (QED) is 0.353. The highest BCUT2D eigenvalue weighted by molar-refractivity contribution is 5.76. The summed E-state index contributed by atoms with van der Waals surface area (Å²) in [4.78, 5) is 13.3. The van der Waals surface area contributed by atoms with Crippen LogP contribution in [0.5, 0.6) is 0 Å². The van der Waals surface area contributed by atoms with Crippen molar-refractivity contribution in [1.82, 2.24) is 10.2 Å². The molecule has 0 bridgehead atoms. The van der Waals surface area contributed by atoms with E-state index in [-0.39, 0.29) is 6.03 Å². The van der Waals surface area contributed by atoms with E-state index in [1.54, 1.807) is 0 Å². The molecule has 0 atom stereocenters. The lowest BCUT2D eigenvalue weighted by atomic mass is 10.0. The lowest BCUT2D eigenvalue weighted by Gasteiger charge is -2.13. The van der Waals surface area contributed by atoms with Gasteiger partial charge in [-0.3, -0.25) is 0 Å². The Morgan fingerprint density at radius 1 is 0.739 bits per heavy atom. The van der Waals surface area contributed by atoms with Gasteiger partial charge in [0.25, 0.3) is 0 Å². The number of hydrogen-bond donors (Lipinski definition) is 1. The zero-order valence-electron chi connectivity index (χ0n) is 15.6. The third-order valence-corrected chi connectivity index (χ3v) is 4.98. The van der Waals surface area contributed by atoms with Gasteiger partial charge in [-0.1, -0.05) is 96.8 Å². The number of unbranched alkanes of at least 4 members (excludes halogenated alkanes) is 14. The molecule has 1 heterocycles. The monoisotopic (exact) mass is 324 g/mol. The fourth-order valence-corrected chi connectivity index (χ4v) is 3.40. The Kier molecular flexibility index (Phi) is 13.1. The smallest absolute Gasteiger partial charge is 0.317 e. The number of urea groups is 1. The van der Waals surface area contributed by atoms with Crippen LogP contribution in [0.3, 0.4) is 0 Å². The summed E-state index contributed by atoms with van der Waals surface area (Å²) in [6.07, 6.45) is 20.9. The van der Waals surface area contributed by atoms with E-state index in [0.717, 1.165) is 19.6 Å². The Morgan fingerprint density at radius 3 is 1.57 bits per heavy atom. The van der Waals surface area contributed by atoms with Gasteiger partial charge < -0.3 is 10.2 Å². The summed E-state index contributed by atoms with van der Waals surface area (Å²) in [5.41, 5.74) is 0. The standard InChI is InChI=1S/C20H40N2O/c1-2-3-4-5-6-7-8-9-10-11-12-13-14-15-16-18-22-19-17-21-20(22)23/h2-19H2,1H3,(H,21,23). The number of rotatable bonds is 16. The van der Waals surface area contributed by atoms with E-state index >= 15 is 0 Å². The average Bonchev–Trinajstić information content (AvgIpc) is 2.96. The summed E-state index contributed by atoms with van der Waals surface area (Å²) in [6, 6.07) is 0.135. The van der Waals surface area contributed by atoms with Gasteiger partial charge >= 0.3 is 6.03 Å². The van der Waals surface area contributed by atoms with Crippen molar-refractivity contribution in [3.8, 4) is 0 Å². The Balaban J connectivity index is 1.69. The number of amides is 2. The lowest BCUT2D eigenvalue weighted by Crippen LogP contribution is -2.28. The van der Waals surface area contributed by atoms with Crippen LogP contribution in [0, 0.1) is 0 Å². The van der Waals surface area contributed by atoms with E-state index < -0.39 is 0 Å². The van der Waals surface area contributed by atoms with E-state index in [0.29, 0.717) is 0 Å². The van der Waals surface area contributed by atoms with Gasteiger partial charge in [0.1, 0.15) is 0 Å². The van der Waals surface area contributed by atoms with Crippen molar-refractivity contribution in [1.29, 1.82) is 0 Å². The normalized spacial score (nSPS) is 14.5. The van der Waals surface area contributed by atoms with Crippen molar-refractivity contribution in [3.63, 3.8) is 0 Å². The van der Waals surface area contributed by atoms with Gasteiger partial charge in [0.05, 0.1) is 0 Å². The van der Waals surface area contributed by atoms with E-state index in [4.69, 9.17) is 0 Å². The second-order valence-electron chi connectivity index (χ2n) is 7.17. The maximum absolute atomic E-state index is 11.4. The highest BCUT2D eigenvalue weighted by Gasteiger charge is 2.17. The predicted octanol–water partition coefficient (Wildman–Crippen LogP) is 5.88. The molecule has 0 aromatic rings. The van der Waals surface area contributed by atoms with Crippen LogP contribution in [0.15, 0.2) is 0 Å². The molecule has 0 unspecified atom stereocenters. The van der Waals surface area contributed by atoms with Crippen molar-refractivity contribution in [2.24, 2.45) is 0 Å². The maximum atomic E-state index is 11.4. The fraction of sp³-hybridized carbons (Fsp3) is 0.950.